The minimum absolute atomic E-state index is 0.505. The summed E-state index contributed by atoms with van der Waals surface area (Å²) in [6.07, 6.45) is 1.96. The summed E-state index contributed by atoms with van der Waals surface area (Å²) < 4.78 is 0. The number of nitrogens with one attached hydrogen (secondary N) is 1. The summed E-state index contributed by atoms with van der Waals surface area (Å²) in [5.74, 6) is -1.17. The molecule has 0 aliphatic heterocycles. The van der Waals surface area contributed by atoms with Crippen molar-refractivity contribution in [1.82, 2.24) is 15.3 Å². The van der Waals surface area contributed by atoms with E-state index in [-0.39, 0.29) is 0 Å². The molecule has 0 aromatic heterocycles. The zero-order chi connectivity index (χ0) is 12.7. The zero-order valence-electron chi connectivity index (χ0n) is 9.68. The molecular weight excluding hydrogens is 214 g/mol. The lowest BCUT2D eigenvalue weighted by Gasteiger charge is -2.10. The highest BCUT2D eigenvalue weighted by Crippen LogP contribution is 1.87. The van der Waals surface area contributed by atoms with Gasteiger partial charge in [0, 0.05) is 33.3 Å². The molecule has 0 aliphatic carbocycles. The molecule has 90 valence electrons. The van der Waals surface area contributed by atoms with E-state index in [9.17, 15) is 14.4 Å². The molecule has 1 N–H and O–H groups in total. The van der Waals surface area contributed by atoms with E-state index < -0.39 is 17.8 Å². The molecule has 0 saturated carbocycles. The summed E-state index contributed by atoms with van der Waals surface area (Å²) in [5.41, 5.74) is 0. The molecule has 0 spiro atoms. The van der Waals surface area contributed by atoms with Crippen LogP contribution >= 0.6 is 0 Å². The minimum atomic E-state index is -0.670. The molecule has 0 atom stereocenters. The second-order valence-electron chi connectivity index (χ2n) is 3.04. The van der Waals surface area contributed by atoms with Crippen LogP contribution in [0.15, 0.2) is 12.2 Å². The third kappa shape index (κ3) is 5.11. The molecule has 4 amide bonds. The molecule has 0 heterocycles. The summed E-state index contributed by atoms with van der Waals surface area (Å²) in [6.45, 7) is 0. The van der Waals surface area contributed by atoms with Gasteiger partial charge in [-0.2, -0.15) is 0 Å². The van der Waals surface area contributed by atoms with Gasteiger partial charge >= 0.3 is 6.03 Å². The van der Waals surface area contributed by atoms with Crippen molar-refractivity contribution in [2.45, 2.75) is 0 Å². The Balaban J connectivity index is 4.20. The van der Waals surface area contributed by atoms with E-state index in [0.29, 0.717) is 0 Å². The van der Waals surface area contributed by atoms with Crippen LogP contribution in [0.25, 0.3) is 0 Å². The van der Waals surface area contributed by atoms with Crippen molar-refractivity contribution in [1.29, 1.82) is 0 Å². The molecule has 0 unspecified atom stereocenters. The van der Waals surface area contributed by atoms with Crippen LogP contribution in [-0.4, -0.2) is 56.1 Å². The number of rotatable bonds is 3. The van der Waals surface area contributed by atoms with Gasteiger partial charge in [-0.05, 0) is 0 Å². The summed E-state index contributed by atoms with van der Waals surface area (Å²) >= 11 is 0. The van der Waals surface area contributed by atoms with Crippen LogP contribution in [0, 0.1) is 0 Å². The van der Waals surface area contributed by atoms with Crippen LogP contribution < -0.4 is 5.32 Å². The molecule has 0 rings (SSSR count). The number of carbonyl (C=O) groups excluding carboxylic acids is 3. The van der Waals surface area contributed by atoms with Gasteiger partial charge in [0.25, 0.3) is 11.8 Å². The predicted octanol–water partition coefficient (Wildman–Crippen LogP) is -0.640. The zero-order valence-corrected chi connectivity index (χ0v) is 9.68. The van der Waals surface area contributed by atoms with E-state index in [4.69, 9.17) is 0 Å². The molecule has 0 fully saturated rings. The smallest absolute Gasteiger partial charge is 0.323 e. The average molecular weight is 229 g/mol. The third-order valence-corrected chi connectivity index (χ3v) is 1.60. The molecule has 0 radical (unpaired) electrons. The Hall–Kier alpha value is -1.89. The number of imide groups is 1. The normalized spacial score (nSPS) is 10.0. The van der Waals surface area contributed by atoms with Crippen molar-refractivity contribution < 1.29 is 19.2 Å². The van der Waals surface area contributed by atoms with Gasteiger partial charge < -0.3 is 4.90 Å². The van der Waals surface area contributed by atoms with Gasteiger partial charge in [-0.15, -0.1) is 0 Å². The molecular formula is C9H15N3O4. The van der Waals surface area contributed by atoms with E-state index in [1.807, 2.05) is 5.32 Å². The Morgan fingerprint density at radius 3 is 2.12 bits per heavy atom. The summed E-state index contributed by atoms with van der Waals surface area (Å²) in [4.78, 5) is 39.1. The Labute approximate surface area is 93.6 Å². The Bertz CT molecular complexity index is 312. The first-order valence-electron chi connectivity index (χ1n) is 4.40. The predicted molar refractivity (Wildman–Crippen MR) is 56.1 cm³/mol. The van der Waals surface area contributed by atoms with Crippen molar-refractivity contribution in [3.05, 3.63) is 12.2 Å². The van der Waals surface area contributed by atoms with E-state index in [1.165, 1.54) is 33.2 Å². The maximum atomic E-state index is 11.1. The van der Waals surface area contributed by atoms with E-state index in [1.54, 1.807) is 0 Å². The number of hydroxylamine groups is 2. The highest BCUT2D eigenvalue weighted by atomic mass is 16.7. The van der Waals surface area contributed by atoms with Crippen LogP contribution in [0.1, 0.15) is 0 Å². The van der Waals surface area contributed by atoms with Crippen molar-refractivity contribution in [2.75, 3.05) is 28.3 Å². The van der Waals surface area contributed by atoms with Crippen LogP contribution in [0.2, 0.25) is 0 Å². The summed E-state index contributed by atoms with van der Waals surface area (Å²) in [6, 6.07) is -0.554. The van der Waals surface area contributed by atoms with Gasteiger partial charge in [0.05, 0.1) is 7.11 Å². The van der Waals surface area contributed by atoms with Gasteiger partial charge in [0.1, 0.15) is 0 Å². The van der Waals surface area contributed by atoms with E-state index >= 15 is 0 Å². The maximum Gasteiger partial charge on any atom is 0.323 e. The second-order valence-corrected chi connectivity index (χ2v) is 3.04. The van der Waals surface area contributed by atoms with Crippen LogP contribution in [0.4, 0.5) is 4.79 Å². The molecule has 0 saturated heterocycles. The first-order valence-corrected chi connectivity index (χ1v) is 4.40. The van der Waals surface area contributed by atoms with Gasteiger partial charge in [-0.25, -0.2) is 9.86 Å². The fourth-order valence-corrected chi connectivity index (χ4v) is 0.601. The second kappa shape index (κ2) is 6.57. The van der Waals surface area contributed by atoms with E-state index in [0.717, 1.165) is 17.2 Å². The van der Waals surface area contributed by atoms with Crippen molar-refractivity contribution in [3.8, 4) is 0 Å². The quantitative estimate of drug-likeness (QED) is 0.515. The standard InChI is InChI=1S/C9H15N3O4/c1-11(2)9(15)10-7(13)5-6-8(14)12(3)16-4/h5-6H,1-4H3,(H,10,13,15)/b6-5+. The Morgan fingerprint density at radius 2 is 1.69 bits per heavy atom. The van der Waals surface area contributed by atoms with Crippen molar-refractivity contribution in [3.63, 3.8) is 0 Å². The highest BCUT2D eigenvalue weighted by molar-refractivity contribution is 6.03. The lowest BCUT2D eigenvalue weighted by Crippen LogP contribution is -2.37. The van der Waals surface area contributed by atoms with Gasteiger partial charge in [-0.3, -0.25) is 19.7 Å². The Morgan fingerprint density at radius 1 is 1.12 bits per heavy atom. The fraction of sp³-hybridized carbons (Fsp3) is 0.444. The number of urea groups is 1. The SMILES string of the molecule is CON(C)C(=O)/C=C/C(=O)NC(=O)N(C)C. The lowest BCUT2D eigenvalue weighted by atomic mass is 10.4. The molecule has 0 bridgehead atoms. The number of hydrogen-bond acceptors (Lipinski definition) is 4. The number of likely N-dealkylation sites (N-methyl/N-ethyl adjacent to an activating group) is 1. The number of hydrogen-bond donors (Lipinski definition) is 1. The molecule has 0 aromatic carbocycles. The van der Waals surface area contributed by atoms with Crippen LogP contribution in [0.3, 0.4) is 0 Å². The molecule has 7 heteroatoms. The average Bonchev–Trinajstić information content (AvgIpc) is 2.24. The van der Waals surface area contributed by atoms with E-state index in [2.05, 4.69) is 4.84 Å². The monoisotopic (exact) mass is 229 g/mol. The molecule has 0 aliphatic rings. The summed E-state index contributed by atoms with van der Waals surface area (Å²) in [7, 11) is 5.71. The lowest BCUT2D eigenvalue weighted by molar-refractivity contribution is -0.162. The van der Waals surface area contributed by atoms with Crippen molar-refractivity contribution >= 4 is 17.8 Å². The number of nitrogens with zero attached hydrogens (tertiary/aromatic N) is 2. The van der Waals surface area contributed by atoms with Crippen LogP contribution in [0.5, 0.6) is 0 Å². The fourth-order valence-electron chi connectivity index (χ4n) is 0.601. The maximum absolute atomic E-state index is 11.1. The largest absolute Gasteiger partial charge is 0.331 e. The topological polar surface area (TPSA) is 79.0 Å². The van der Waals surface area contributed by atoms with Crippen molar-refractivity contribution in [2.24, 2.45) is 0 Å². The molecule has 7 nitrogen and oxygen atoms in total. The van der Waals surface area contributed by atoms with Gasteiger partial charge in [0.2, 0.25) is 0 Å². The first kappa shape index (κ1) is 14.1. The minimum Gasteiger partial charge on any atom is -0.331 e. The Kier molecular flexibility index (Phi) is 5.79. The first-order chi connectivity index (χ1) is 7.38. The summed E-state index contributed by atoms with van der Waals surface area (Å²) in [5, 5.41) is 2.98. The third-order valence-electron chi connectivity index (χ3n) is 1.60. The molecule has 0 aromatic rings. The van der Waals surface area contributed by atoms with Gasteiger partial charge in [-0.1, -0.05) is 0 Å². The molecule has 16 heavy (non-hydrogen) atoms. The number of carbonyl (C=O) groups is 3. The van der Waals surface area contributed by atoms with Gasteiger partial charge in [0.15, 0.2) is 0 Å². The highest BCUT2D eigenvalue weighted by Gasteiger charge is 2.07. The number of amides is 4. The van der Waals surface area contributed by atoms with Crippen LogP contribution in [-0.2, 0) is 14.4 Å².